The Bertz CT molecular complexity index is 3130. The first-order chi connectivity index (χ1) is 24.3. The van der Waals surface area contributed by atoms with E-state index in [1.807, 2.05) is 0 Å². The molecule has 0 amide bonds. The molecule has 0 spiro atoms. The molecule has 0 aliphatic carbocycles. The van der Waals surface area contributed by atoms with Crippen molar-refractivity contribution in [3.05, 3.63) is 170 Å². The van der Waals surface area contributed by atoms with Gasteiger partial charge in [-0.2, -0.15) is 0 Å². The molecule has 2 heteroatoms. The lowest BCUT2D eigenvalue weighted by atomic mass is 9.91. The first-order valence-electron chi connectivity index (χ1n) is 16.9. The molecule has 226 valence electrons. The third-order valence-corrected chi connectivity index (χ3v) is 10.5. The van der Waals surface area contributed by atoms with Gasteiger partial charge < -0.3 is 0 Å². The Labute approximate surface area is 282 Å². The van der Waals surface area contributed by atoms with Gasteiger partial charge in [-0.05, 0) is 119 Å². The van der Waals surface area contributed by atoms with Crippen LogP contribution in [0.25, 0.3) is 104 Å². The predicted octanol–water partition coefficient (Wildman–Crippen LogP) is 12.7. The van der Waals surface area contributed by atoms with Gasteiger partial charge in [-0.1, -0.05) is 121 Å². The second-order valence-electron chi connectivity index (χ2n) is 13.2. The van der Waals surface area contributed by atoms with Crippen LogP contribution < -0.4 is 0 Å². The molecular weight excluding hydrogens is 593 g/mol. The third-order valence-electron chi connectivity index (χ3n) is 10.5. The van der Waals surface area contributed by atoms with Crippen LogP contribution in [0.3, 0.4) is 0 Å². The zero-order valence-electron chi connectivity index (χ0n) is 26.6. The van der Waals surface area contributed by atoms with Crippen LogP contribution in [-0.2, 0) is 0 Å². The van der Waals surface area contributed by atoms with Gasteiger partial charge in [0.05, 0.1) is 16.6 Å². The first-order valence-corrected chi connectivity index (χ1v) is 16.9. The van der Waals surface area contributed by atoms with E-state index in [2.05, 4.69) is 174 Å². The first kappa shape index (κ1) is 26.5. The van der Waals surface area contributed by atoms with E-state index in [-0.39, 0.29) is 0 Å². The van der Waals surface area contributed by atoms with Crippen molar-refractivity contribution in [3.8, 4) is 22.3 Å². The number of nitrogens with zero attached hydrogens (tertiary/aromatic N) is 2. The largest absolute Gasteiger partial charge is 0.292 e. The SMILES string of the molecule is c1cc(-c2ccc3c4ccccc4c4ccccc4c3c2)cc(-c2ccc3c(c2)c2cc4ccccc4cc2c2nc4ccccc4n32)c1. The molecule has 0 saturated heterocycles. The summed E-state index contributed by atoms with van der Waals surface area (Å²) in [6.07, 6.45) is 0. The van der Waals surface area contributed by atoms with Crippen LogP contribution in [-0.4, -0.2) is 9.38 Å². The molecule has 2 heterocycles. The summed E-state index contributed by atoms with van der Waals surface area (Å²) in [5.74, 6) is 0. The summed E-state index contributed by atoms with van der Waals surface area (Å²) in [5.41, 5.74) is 9.14. The van der Waals surface area contributed by atoms with Gasteiger partial charge in [0.1, 0.15) is 5.65 Å². The minimum atomic E-state index is 1.00. The van der Waals surface area contributed by atoms with Crippen molar-refractivity contribution < 1.29 is 0 Å². The molecule has 2 nitrogen and oxygen atoms in total. The van der Waals surface area contributed by atoms with Crippen LogP contribution in [0.4, 0.5) is 0 Å². The van der Waals surface area contributed by atoms with Crippen molar-refractivity contribution in [2.45, 2.75) is 0 Å². The highest BCUT2D eigenvalue weighted by molar-refractivity contribution is 6.26. The summed E-state index contributed by atoms with van der Waals surface area (Å²) in [6.45, 7) is 0. The summed E-state index contributed by atoms with van der Waals surface area (Å²) >= 11 is 0. The molecule has 0 N–H and O–H groups in total. The number of aromatic nitrogens is 2. The van der Waals surface area contributed by atoms with Gasteiger partial charge in [-0.15, -0.1) is 0 Å². The van der Waals surface area contributed by atoms with Crippen molar-refractivity contribution in [1.82, 2.24) is 9.38 Å². The van der Waals surface area contributed by atoms with Gasteiger partial charge in [-0.3, -0.25) is 4.40 Å². The normalized spacial score (nSPS) is 12.1. The number of rotatable bonds is 2. The third kappa shape index (κ3) is 3.86. The Kier molecular flexibility index (Phi) is 5.42. The number of hydrogen-bond acceptors (Lipinski definition) is 1. The second kappa shape index (κ2) is 10.00. The Morgan fingerprint density at radius 2 is 0.816 bits per heavy atom. The molecule has 11 rings (SSSR count). The van der Waals surface area contributed by atoms with Gasteiger partial charge in [-0.25, -0.2) is 4.98 Å². The summed E-state index contributed by atoms with van der Waals surface area (Å²) in [5, 5.41) is 13.9. The minimum Gasteiger partial charge on any atom is -0.292 e. The van der Waals surface area contributed by atoms with E-state index >= 15 is 0 Å². The highest BCUT2D eigenvalue weighted by atomic mass is 15.0. The number of benzene rings is 9. The Hall–Kier alpha value is -6.51. The van der Waals surface area contributed by atoms with Crippen LogP contribution in [0.2, 0.25) is 0 Å². The molecule has 9 aromatic carbocycles. The van der Waals surface area contributed by atoms with E-state index in [4.69, 9.17) is 4.98 Å². The standard InChI is InChI=1S/C47H28N2/c1-2-11-32-28-43-41(25-31(32)10-1)42-27-34(21-23-45(42)49-46-19-8-7-18-44(46)48-47(43)49)30-13-9-12-29(24-30)33-20-22-39-37-16-4-3-14-35(37)36-15-5-6-17-38(36)40(39)26-33/h1-28H. The molecule has 0 saturated carbocycles. The van der Waals surface area contributed by atoms with Crippen LogP contribution in [0, 0.1) is 0 Å². The summed E-state index contributed by atoms with van der Waals surface area (Å²) in [6, 6.07) is 62.2. The van der Waals surface area contributed by atoms with Crippen molar-refractivity contribution in [2.24, 2.45) is 0 Å². The van der Waals surface area contributed by atoms with Crippen LogP contribution >= 0.6 is 0 Å². The number of fused-ring (bicyclic) bond motifs is 15. The lowest BCUT2D eigenvalue weighted by Crippen LogP contribution is -1.93. The average Bonchev–Trinajstić information content (AvgIpc) is 3.57. The van der Waals surface area contributed by atoms with E-state index in [1.54, 1.807) is 0 Å². The molecule has 0 aliphatic heterocycles. The minimum absolute atomic E-state index is 1.00. The summed E-state index contributed by atoms with van der Waals surface area (Å²) < 4.78 is 2.34. The summed E-state index contributed by atoms with van der Waals surface area (Å²) in [4.78, 5) is 5.15. The average molecular weight is 621 g/mol. The summed E-state index contributed by atoms with van der Waals surface area (Å²) in [7, 11) is 0. The van der Waals surface area contributed by atoms with E-state index < -0.39 is 0 Å². The number of hydrogen-bond donors (Lipinski definition) is 0. The fourth-order valence-electron chi connectivity index (χ4n) is 8.19. The van der Waals surface area contributed by atoms with E-state index in [9.17, 15) is 0 Å². The zero-order valence-corrected chi connectivity index (χ0v) is 26.6. The quantitative estimate of drug-likeness (QED) is 0.139. The van der Waals surface area contributed by atoms with E-state index in [0.717, 1.165) is 16.7 Å². The van der Waals surface area contributed by atoms with Crippen LogP contribution in [0.5, 0.6) is 0 Å². The Morgan fingerprint density at radius 1 is 0.306 bits per heavy atom. The monoisotopic (exact) mass is 620 g/mol. The molecule has 0 unspecified atom stereocenters. The highest BCUT2D eigenvalue weighted by Crippen LogP contribution is 2.39. The lowest BCUT2D eigenvalue weighted by Gasteiger charge is -2.14. The molecule has 0 aliphatic rings. The topological polar surface area (TPSA) is 17.3 Å². The molecule has 0 radical (unpaired) electrons. The number of para-hydroxylation sites is 2. The Morgan fingerprint density at radius 3 is 1.53 bits per heavy atom. The fourth-order valence-corrected chi connectivity index (χ4v) is 8.19. The number of imidazole rings is 1. The van der Waals surface area contributed by atoms with Gasteiger partial charge in [0, 0.05) is 10.8 Å². The van der Waals surface area contributed by atoms with Crippen LogP contribution in [0.15, 0.2) is 170 Å². The van der Waals surface area contributed by atoms with Crippen molar-refractivity contribution in [1.29, 1.82) is 0 Å². The molecule has 0 fully saturated rings. The Balaban J connectivity index is 1.13. The molecule has 11 aromatic rings. The molecular formula is C47H28N2. The zero-order chi connectivity index (χ0) is 32.1. The predicted molar refractivity (Wildman–Crippen MR) is 209 cm³/mol. The maximum atomic E-state index is 5.15. The van der Waals surface area contributed by atoms with E-state index in [1.165, 1.54) is 87.0 Å². The maximum absolute atomic E-state index is 5.15. The van der Waals surface area contributed by atoms with Gasteiger partial charge in [0.15, 0.2) is 0 Å². The molecule has 0 bridgehead atoms. The smallest absolute Gasteiger partial charge is 0.146 e. The van der Waals surface area contributed by atoms with Crippen molar-refractivity contribution >= 4 is 81.4 Å². The van der Waals surface area contributed by atoms with Gasteiger partial charge >= 0.3 is 0 Å². The molecule has 49 heavy (non-hydrogen) atoms. The van der Waals surface area contributed by atoms with Crippen molar-refractivity contribution in [3.63, 3.8) is 0 Å². The molecule has 2 aromatic heterocycles. The van der Waals surface area contributed by atoms with E-state index in [0.29, 0.717) is 0 Å². The maximum Gasteiger partial charge on any atom is 0.146 e. The number of pyridine rings is 1. The van der Waals surface area contributed by atoms with Gasteiger partial charge in [0.2, 0.25) is 0 Å². The van der Waals surface area contributed by atoms with Gasteiger partial charge in [0.25, 0.3) is 0 Å². The van der Waals surface area contributed by atoms with Crippen molar-refractivity contribution in [2.75, 3.05) is 0 Å². The fraction of sp³-hybridized carbons (Fsp3) is 0. The molecule has 0 atom stereocenters. The van der Waals surface area contributed by atoms with Crippen LogP contribution in [0.1, 0.15) is 0 Å². The second-order valence-corrected chi connectivity index (χ2v) is 13.2. The lowest BCUT2D eigenvalue weighted by molar-refractivity contribution is 1.32. The highest BCUT2D eigenvalue weighted by Gasteiger charge is 2.16.